The molecule has 1 aromatic heterocycles. The Labute approximate surface area is 87.0 Å². The molecule has 0 aliphatic rings. The maximum Gasteiger partial charge on any atom is 0.573 e. The van der Waals surface area contributed by atoms with E-state index < -0.39 is 24.1 Å². The van der Waals surface area contributed by atoms with Crippen LogP contribution in [0.15, 0.2) is 6.20 Å². The summed E-state index contributed by atoms with van der Waals surface area (Å²) in [5.41, 5.74) is 4.00. The van der Waals surface area contributed by atoms with E-state index in [1.54, 1.807) is 0 Å². The second-order valence-electron chi connectivity index (χ2n) is 2.90. The van der Waals surface area contributed by atoms with Crippen molar-refractivity contribution in [3.05, 3.63) is 17.3 Å². The van der Waals surface area contributed by atoms with Gasteiger partial charge in [0, 0.05) is 11.8 Å². The van der Waals surface area contributed by atoms with Crippen molar-refractivity contribution in [1.29, 1.82) is 0 Å². The summed E-state index contributed by atoms with van der Waals surface area (Å²) < 4.78 is 64.2. The number of hydrogen-bond acceptors (Lipinski definition) is 3. The van der Waals surface area contributed by atoms with E-state index in [0.717, 1.165) is 6.92 Å². The number of aromatic nitrogens is 1. The van der Waals surface area contributed by atoms with Crippen LogP contribution in [-0.2, 0) is 0 Å². The second kappa shape index (κ2) is 4.11. The molecule has 0 amide bonds. The van der Waals surface area contributed by atoms with Gasteiger partial charge in [0.05, 0.1) is 5.56 Å². The van der Waals surface area contributed by atoms with Crippen LogP contribution in [-0.4, -0.2) is 11.3 Å². The number of alkyl halides is 5. The zero-order valence-electron chi connectivity index (χ0n) is 7.98. The van der Waals surface area contributed by atoms with Crippen LogP contribution in [0.2, 0.25) is 0 Å². The third-order valence-electron chi connectivity index (χ3n) is 1.78. The summed E-state index contributed by atoms with van der Waals surface area (Å²) >= 11 is 0. The first-order valence-electron chi connectivity index (χ1n) is 4.01. The number of nitrogens with two attached hydrogens (primary N) is 1. The maximum absolute atomic E-state index is 12.4. The number of nitrogen functional groups attached to an aromatic ring is 1. The Morgan fingerprint density at radius 3 is 2.38 bits per heavy atom. The van der Waals surface area contributed by atoms with Crippen LogP contribution < -0.4 is 10.5 Å². The molecule has 0 aliphatic heterocycles. The summed E-state index contributed by atoms with van der Waals surface area (Å²) in [5.74, 6) is -1.28. The number of halogens is 5. The van der Waals surface area contributed by atoms with E-state index in [1.165, 1.54) is 0 Å². The van der Waals surface area contributed by atoms with Gasteiger partial charge in [-0.25, -0.2) is 13.8 Å². The number of pyridine rings is 1. The van der Waals surface area contributed by atoms with Gasteiger partial charge in [-0.05, 0) is 6.92 Å². The van der Waals surface area contributed by atoms with E-state index in [1.807, 2.05) is 0 Å². The molecule has 0 spiro atoms. The molecule has 2 N–H and O–H groups in total. The molecule has 0 atom stereocenters. The van der Waals surface area contributed by atoms with E-state index in [4.69, 9.17) is 5.73 Å². The van der Waals surface area contributed by atoms with Crippen molar-refractivity contribution in [2.24, 2.45) is 0 Å². The number of hydrogen-bond donors (Lipinski definition) is 1. The van der Waals surface area contributed by atoms with Gasteiger partial charge in [0.1, 0.15) is 11.6 Å². The lowest BCUT2D eigenvalue weighted by molar-refractivity contribution is -0.275. The summed E-state index contributed by atoms with van der Waals surface area (Å²) in [6.45, 7) is 1.12. The Morgan fingerprint density at radius 1 is 1.38 bits per heavy atom. The topological polar surface area (TPSA) is 48.1 Å². The molecule has 0 saturated heterocycles. The van der Waals surface area contributed by atoms with Gasteiger partial charge in [0.15, 0.2) is 0 Å². The van der Waals surface area contributed by atoms with E-state index >= 15 is 0 Å². The molecule has 3 nitrogen and oxygen atoms in total. The molecule has 1 rings (SSSR count). The first kappa shape index (κ1) is 12.5. The summed E-state index contributed by atoms with van der Waals surface area (Å²) in [7, 11) is 0. The molecular weight excluding hydrogens is 235 g/mol. The highest BCUT2D eigenvalue weighted by Gasteiger charge is 2.34. The standard InChI is InChI=1S/C8H7F5N2O/c1-3-5(16-8(11,12)13)4(6(9)10)2-15-7(3)14/h2,6H,1H3,(H2,14,15). The van der Waals surface area contributed by atoms with Crippen LogP contribution in [0.4, 0.5) is 27.8 Å². The van der Waals surface area contributed by atoms with Crippen molar-refractivity contribution in [1.82, 2.24) is 4.98 Å². The highest BCUT2D eigenvalue weighted by Crippen LogP contribution is 2.36. The van der Waals surface area contributed by atoms with Gasteiger partial charge in [-0.15, -0.1) is 13.2 Å². The molecule has 1 heterocycles. The maximum atomic E-state index is 12.4. The predicted octanol–water partition coefficient (Wildman–Crippen LogP) is 2.81. The van der Waals surface area contributed by atoms with Crippen LogP contribution >= 0.6 is 0 Å². The predicted molar refractivity (Wildman–Crippen MR) is 45.0 cm³/mol. The second-order valence-corrected chi connectivity index (χ2v) is 2.90. The SMILES string of the molecule is Cc1c(N)ncc(C(F)F)c1OC(F)(F)F. The molecule has 0 unspecified atom stereocenters. The fourth-order valence-electron chi connectivity index (χ4n) is 1.03. The Morgan fingerprint density at radius 2 is 1.94 bits per heavy atom. The van der Waals surface area contributed by atoms with Crippen LogP contribution in [0.5, 0.6) is 5.75 Å². The molecule has 1 aromatic rings. The van der Waals surface area contributed by atoms with Gasteiger partial charge < -0.3 is 10.5 Å². The lowest BCUT2D eigenvalue weighted by atomic mass is 10.2. The molecule has 0 saturated carbocycles. The number of rotatable bonds is 2. The van der Waals surface area contributed by atoms with Gasteiger partial charge in [-0.2, -0.15) is 0 Å². The minimum Gasteiger partial charge on any atom is -0.405 e. The third-order valence-corrected chi connectivity index (χ3v) is 1.78. The van der Waals surface area contributed by atoms with Crippen LogP contribution in [0.1, 0.15) is 17.6 Å². The van der Waals surface area contributed by atoms with Crippen molar-refractivity contribution in [2.75, 3.05) is 5.73 Å². The van der Waals surface area contributed by atoms with E-state index in [-0.39, 0.29) is 11.4 Å². The summed E-state index contributed by atoms with van der Waals surface area (Å²) in [6.07, 6.45) is -7.61. The minimum atomic E-state index is -5.05. The highest BCUT2D eigenvalue weighted by molar-refractivity contribution is 5.51. The molecule has 0 fully saturated rings. The van der Waals surface area contributed by atoms with E-state index in [0.29, 0.717) is 6.20 Å². The zero-order chi connectivity index (χ0) is 12.5. The fourth-order valence-corrected chi connectivity index (χ4v) is 1.03. The van der Waals surface area contributed by atoms with Gasteiger partial charge in [-0.3, -0.25) is 0 Å². The fraction of sp³-hybridized carbons (Fsp3) is 0.375. The van der Waals surface area contributed by atoms with Gasteiger partial charge >= 0.3 is 6.36 Å². The molecule has 0 bridgehead atoms. The van der Waals surface area contributed by atoms with Crippen molar-refractivity contribution in [3.63, 3.8) is 0 Å². The summed E-state index contributed by atoms with van der Waals surface area (Å²) in [6, 6.07) is 0. The lowest BCUT2D eigenvalue weighted by Crippen LogP contribution is -2.19. The van der Waals surface area contributed by atoms with E-state index in [2.05, 4.69) is 9.72 Å². The zero-order valence-corrected chi connectivity index (χ0v) is 7.98. The minimum absolute atomic E-state index is 0.268. The van der Waals surface area contributed by atoms with Gasteiger partial charge in [0.25, 0.3) is 6.43 Å². The smallest absolute Gasteiger partial charge is 0.405 e. The Hall–Kier alpha value is -1.60. The van der Waals surface area contributed by atoms with Crippen LogP contribution in [0.25, 0.3) is 0 Å². The Kier molecular flexibility index (Phi) is 3.20. The molecule has 8 heteroatoms. The van der Waals surface area contributed by atoms with Crippen molar-refractivity contribution in [2.45, 2.75) is 19.7 Å². The first-order valence-corrected chi connectivity index (χ1v) is 4.01. The Bertz CT molecular complexity index is 391. The molecular formula is C8H7F5N2O. The van der Waals surface area contributed by atoms with Crippen molar-refractivity contribution >= 4 is 5.82 Å². The van der Waals surface area contributed by atoms with Gasteiger partial charge in [-0.1, -0.05) is 0 Å². The molecule has 0 aromatic carbocycles. The van der Waals surface area contributed by atoms with Gasteiger partial charge in [0.2, 0.25) is 0 Å². The molecule has 16 heavy (non-hydrogen) atoms. The third kappa shape index (κ3) is 2.71. The molecule has 0 radical (unpaired) electrons. The quantitative estimate of drug-likeness (QED) is 0.811. The summed E-state index contributed by atoms with van der Waals surface area (Å²) in [5, 5.41) is 0. The molecule has 0 aliphatic carbocycles. The van der Waals surface area contributed by atoms with Crippen LogP contribution in [0, 0.1) is 6.92 Å². The van der Waals surface area contributed by atoms with Crippen molar-refractivity contribution < 1.29 is 26.7 Å². The lowest BCUT2D eigenvalue weighted by Gasteiger charge is -2.15. The average molecular weight is 242 g/mol. The summed E-state index contributed by atoms with van der Waals surface area (Å²) in [4.78, 5) is 3.34. The number of ether oxygens (including phenoxy) is 1. The number of nitrogens with zero attached hydrogens (tertiary/aromatic N) is 1. The van der Waals surface area contributed by atoms with E-state index in [9.17, 15) is 22.0 Å². The molecule has 90 valence electrons. The average Bonchev–Trinajstić information content (AvgIpc) is 2.10. The Balaban J connectivity index is 3.26. The monoisotopic (exact) mass is 242 g/mol. The van der Waals surface area contributed by atoms with Crippen molar-refractivity contribution in [3.8, 4) is 5.75 Å². The highest BCUT2D eigenvalue weighted by atomic mass is 19.4. The first-order chi connectivity index (χ1) is 7.22. The van der Waals surface area contributed by atoms with Crippen LogP contribution in [0.3, 0.4) is 0 Å². The number of anilines is 1. The normalized spacial score (nSPS) is 11.9. The largest absolute Gasteiger partial charge is 0.573 e.